The normalized spacial score (nSPS) is 20.0. The van der Waals surface area contributed by atoms with Crippen LogP contribution in [0.5, 0.6) is 0 Å². The molecule has 8 aromatic rings. The SMILES string of the molecule is [2H]c1cc2c(-c3c4c([2H])c([2H])c([2H])cc4c(-c4c([2H])c([2H])c(-c5c([2H])c([2H])c(-c6c([2H])c([2H])c([2H])c([2H])c6[2H])c([2H])c5[2H])c([2H])c4[2H])c4c([2H])c([2H])c([2H])c([2H])c34)c([2H])c([2H])c([2H])c2c([2H])c1[2H]. The Balaban J connectivity index is 1.58. The van der Waals surface area contributed by atoms with Gasteiger partial charge in [-0.25, -0.2) is 0 Å². The molecule has 0 N–H and O–H groups in total. The van der Waals surface area contributed by atoms with Gasteiger partial charge in [0.05, 0.1) is 35.6 Å². The summed E-state index contributed by atoms with van der Waals surface area (Å²) in [5, 5.41) is -2.76. The van der Waals surface area contributed by atoms with Crippen molar-refractivity contribution in [3.63, 3.8) is 0 Å². The maximum Gasteiger partial charge on any atom is 0.0629 e. The molecular weight excluding hydrogens is 504 g/mol. The van der Waals surface area contributed by atoms with Crippen molar-refractivity contribution in [3.05, 3.63) is 169 Å². The molecule has 0 spiro atoms. The highest BCUT2D eigenvalue weighted by molar-refractivity contribution is 6.23. The smallest absolute Gasteiger partial charge is 0.0622 e. The molecule has 0 aromatic heterocycles. The molecule has 42 heavy (non-hydrogen) atoms. The second-order valence-corrected chi connectivity index (χ2v) is 8.90. The number of hydrogen-bond donors (Lipinski definition) is 0. The molecule has 8 rings (SSSR count). The van der Waals surface area contributed by atoms with Crippen LogP contribution in [0.3, 0.4) is 0 Å². The molecule has 196 valence electrons. The molecule has 8 aromatic carbocycles. The van der Waals surface area contributed by atoms with E-state index in [1.807, 2.05) is 0 Å². The zero-order valence-corrected chi connectivity index (χ0v) is 21.2. The number of hydrogen-bond acceptors (Lipinski definition) is 0. The summed E-state index contributed by atoms with van der Waals surface area (Å²) in [6.07, 6.45) is 0. The molecule has 0 saturated carbocycles. The average molecular weight is 559 g/mol. The third-order valence-electron chi connectivity index (χ3n) is 6.59. The van der Waals surface area contributed by atoms with Crippen LogP contribution in [0.15, 0.2) is 169 Å². The van der Waals surface area contributed by atoms with Crippen molar-refractivity contribution in [1.82, 2.24) is 0 Å². The van der Waals surface area contributed by atoms with Crippen molar-refractivity contribution in [2.24, 2.45) is 0 Å². The topological polar surface area (TPSA) is 0 Å². The van der Waals surface area contributed by atoms with E-state index in [1.54, 1.807) is 0 Å². The van der Waals surface area contributed by atoms with Crippen LogP contribution in [0.1, 0.15) is 35.6 Å². The van der Waals surface area contributed by atoms with Crippen molar-refractivity contribution in [2.75, 3.05) is 0 Å². The van der Waals surface area contributed by atoms with E-state index in [9.17, 15) is 11.0 Å². The Hall–Kier alpha value is -5.46. The predicted molar refractivity (Wildman–Crippen MR) is 181 cm³/mol. The van der Waals surface area contributed by atoms with Gasteiger partial charge in [-0.05, 0) is 76.8 Å². The molecule has 0 radical (unpaired) electrons. The van der Waals surface area contributed by atoms with Crippen molar-refractivity contribution in [2.45, 2.75) is 0 Å². The lowest BCUT2D eigenvalue weighted by molar-refractivity contribution is 1.59. The lowest BCUT2D eigenvalue weighted by Crippen LogP contribution is -1.91. The van der Waals surface area contributed by atoms with Gasteiger partial charge in [0.2, 0.25) is 0 Å². The third kappa shape index (κ3) is 4.08. The van der Waals surface area contributed by atoms with E-state index in [0.29, 0.717) is 0 Å². The van der Waals surface area contributed by atoms with Gasteiger partial charge in [0, 0.05) is 0 Å². The Bertz CT molecular complexity index is 3590. The van der Waals surface area contributed by atoms with Gasteiger partial charge >= 0.3 is 0 Å². The summed E-state index contributed by atoms with van der Waals surface area (Å²) in [7, 11) is 0. The first-order valence-electron chi connectivity index (χ1n) is 25.4. The molecule has 0 aliphatic carbocycles. The van der Waals surface area contributed by atoms with E-state index in [4.69, 9.17) is 24.7 Å². The van der Waals surface area contributed by atoms with E-state index in [-0.39, 0.29) is 5.39 Å². The Labute approximate surface area is 282 Å². The maximum atomic E-state index is 9.43. The van der Waals surface area contributed by atoms with Gasteiger partial charge in [-0.1, -0.05) is 169 Å². The van der Waals surface area contributed by atoms with Gasteiger partial charge in [-0.3, -0.25) is 0 Å². The molecule has 0 heterocycles. The van der Waals surface area contributed by atoms with Crippen LogP contribution in [-0.2, 0) is 0 Å². The molecule has 0 nitrogen and oxygen atoms in total. The zero-order chi connectivity index (χ0) is 50.5. The fourth-order valence-corrected chi connectivity index (χ4v) is 4.76. The number of fused-ring (bicyclic) bond motifs is 3. The minimum Gasteiger partial charge on any atom is -0.0622 e. The van der Waals surface area contributed by atoms with Crippen molar-refractivity contribution in [1.29, 1.82) is 0 Å². The Morgan fingerprint density at radius 3 is 1.40 bits per heavy atom. The molecule has 0 unspecified atom stereocenters. The van der Waals surface area contributed by atoms with Crippen LogP contribution in [0, 0.1) is 0 Å². The molecular formula is C42H28. The number of rotatable bonds is 4. The van der Waals surface area contributed by atoms with E-state index in [1.165, 1.54) is 0 Å². The van der Waals surface area contributed by atoms with Crippen LogP contribution in [-0.4, -0.2) is 0 Å². The van der Waals surface area contributed by atoms with Crippen molar-refractivity contribution in [3.8, 4) is 44.5 Å². The lowest BCUT2D eigenvalue weighted by atomic mass is 9.84. The van der Waals surface area contributed by atoms with E-state index >= 15 is 0 Å². The molecule has 0 amide bonds. The van der Waals surface area contributed by atoms with Gasteiger partial charge in [0.1, 0.15) is 0 Å². The highest BCUT2D eigenvalue weighted by atomic mass is 14.2. The first-order valence-corrected chi connectivity index (χ1v) is 12.4. The van der Waals surface area contributed by atoms with E-state index < -0.39 is 229 Å². The van der Waals surface area contributed by atoms with Crippen LogP contribution >= 0.6 is 0 Å². The highest BCUT2D eigenvalue weighted by Crippen LogP contribution is 2.45. The quantitative estimate of drug-likeness (QED) is 0.188. The standard InChI is InChI=1S/C42H28/c1-2-11-29(12-3-1)30-21-23-31(24-22-30)32-25-27-34(28-26-32)41-37-16-6-8-18-39(37)42(40-19-9-7-17-38(40)41)36-20-10-14-33-13-4-5-15-35(33)36/h1-28H/i1D,2D,3D,4D,5D,6D,7D,8D,9D,10D,11D,12D,13D,14D,16D,18D,19D,20D,21D,22D,23D,24D,25D,26D,27D,28D. The molecule has 0 heteroatoms. The van der Waals surface area contributed by atoms with Crippen molar-refractivity contribution >= 4 is 32.3 Å². The molecule has 0 aliphatic heterocycles. The summed E-state index contributed by atoms with van der Waals surface area (Å²) >= 11 is 0. The Morgan fingerprint density at radius 2 is 0.738 bits per heavy atom. The minimum absolute atomic E-state index is 0.295. The summed E-state index contributed by atoms with van der Waals surface area (Å²) in [5.41, 5.74) is -5.25. The first-order chi connectivity index (χ1) is 31.6. The number of benzene rings is 8. The van der Waals surface area contributed by atoms with Crippen molar-refractivity contribution < 1.29 is 35.6 Å². The summed E-state index contributed by atoms with van der Waals surface area (Å²) in [4.78, 5) is 0. The van der Waals surface area contributed by atoms with E-state index in [0.717, 1.165) is 12.1 Å². The monoisotopic (exact) mass is 558 g/mol. The minimum atomic E-state index is -1.03. The van der Waals surface area contributed by atoms with Gasteiger partial charge in [0.15, 0.2) is 0 Å². The second-order valence-electron chi connectivity index (χ2n) is 8.90. The highest BCUT2D eigenvalue weighted by Gasteiger charge is 2.17. The Kier molecular flexibility index (Phi) is 2.31. The largest absolute Gasteiger partial charge is 0.0629 e. The van der Waals surface area contributed by atoms with Crippen LogP contribution in [0.2, 0.25) is 0 Å². The van der Waals surface area contributed by atoms with Crippen LogP contribution < -0.4 is 0 Å². The molecule has 0 aliphatic rings. The first kappa shape index (κ1) is 9.54. The summed E-state index contributed by atoms with van der Waals surface area (Å²) in [5.74, 6) is 0. The molecule has 0 atom stereocenters. The van der Waals surface area contributed by atoms with Gasteiger partial charge in [-0.15, -0.1) is 0 Å². The maximum absolute atomic E-state index is 9.43. The zero-order valence-electron chi connectivity index (χ0n) is 47.2. The Morgan fingerprint density at radius 1 is 0.286 bits per heavy atom. The van der Waals surface area contributed by atoms with Crippen LogP contribution in [0.25, 0.3) is 76.8 Å². The fourth-order valence-electron chi connectivity index (χ4n) is 4.76. The van der Waals surface area contributed by atoms with Gasteiger partial charge in [-0.2, -0.15) is 0 Å². The molecule has 0 bridgehead atoms. The fraction of sp³-hybridized carbons (Fsp3) is 0. The van der Waals surface area contributed by atoms with Crippen LogP contribution in [0.4, 0.5) is 0 Å². The summed E-state index contributed by atoms with van der Waals surface area (Å²) in [6.45, 7) is 0. The predicted octanol–water partition coefficient (Wildman–Crippen LogP) is 11.8. The third-order valence-corrected chi connectivity index (χ3v) is 6.59. The molecule has 0 saturated heterocycles. The van der Waals surface area contributed by atoms with Gasteiger partial charge in [0.25, 0.3) is 0 Å². The average Bonchev–Trinajstić information content (AvgIpc) is 3.30. The van der Waals surface area contributed by atoms with E-state index in [2.05, 4.69) is 0 Å². The second kappa shape index (κ2) is 10.2. The summed E-state index contributed by atoms with van der Waals surface area (Å²) < 4.78 is 229. The van der Waals surface area contributed by atoms with Gasteiger partial charge < -0.3 is 0 Å². The lowest BCUT2D eigenvalue weighted by Gasteiger charge is -2.19. The summed E-state index contributed by atoms with van der Waals surface area (Å²) in [6, 6.07) is -20.3. The molecule has 0 fully saturated rings.